The van der Waals surface area contributed by atoms with Crippen LogP contribution in [0, 0.1) is 5.82 Å². The summed E-state index contributed by atoms with van der Waals surface area (Å²) >= 11 is 5.67. The van der Waals surface area contributed by atoms with E-state index >= 15 is 0 Å². The van der Waals surface area contributed by atoms with Gasteiger partial charge in [0.05, 0.1) is 11.2 Å². The van der Waals surface area contributed by atoms with Crippen molar-refractivity contribution in [3.8, 4) is 5.69 Å². The molecule has 0 saturated carbocycles. The Labute approximate surface area is 108 Å². The first-order chi connectivity index (χ1) is 8.50. The van der Waals surface area contributed by atoms with E-state index in [1.807, 2.05) is 0 Å². The summed E-state index contributed by atoms with van der Waals surface area (Å²) in [4.78, 5) is 13.0. The van der Waals surface area contributed by atoms with Crippen LogP contribution >= 0.6 is 11.6 Å². The molecule has 2 aromatic rings. The van der Waals surface area contributed by atoms with Crippen LogP contribution in [0.15, 0.2) is 24.4 Å². The molecule has 0 atom stereocenters. The van der Waals surface area contributed by atoms with Crippen LogP contribution in [-0.4, -0.2) is 39.9 Å². The van der Waals surface area contributed by atoms with Crippen LogP contribution in [0.3, 0.4) is 0 Å². The average molecular weight is 269 g/mol. The molecule has 0 bridgehead atoms. The van der Waals surface area contributed by atoms with Gasteiger partial charge in [0.2, 0.25) is 0 Å². The zero-order chi connectivity index (χ0) is 13.3. The van der Waals surface area contributed by atoms with Crippen molar-refractivity contribution in [1.29, 1.82) is 0 Å². The van der Waals surface area contributed by atoms with E-state index in [1.54, 1.807) is 20.2 Å². The van der Waals surface area contributed by atoms with E-state index in [-0.39, 0.29) is 22.3 Å². The van der Waals surface area contributed by atoms with Crippen molar-refractivity contribution in [2.75, 3.05) is 14.1 Å². The Morgan fingerprint density at radius 2 is 2.17 bits per heavy atom. The molecule has 94 valence electrons. The van der Waals surface area contributed by atoms with Crippen molar-refractivity contribution in [2.45, 2.75) is 0 Å². The molecule has 1 amide bonds. The molecule has 0 spiro atoms. The third-order valence-corrected chi connectivity index (χ3v) is 2.59. The van der Waals surface area contributed by atoms with Crippen molar-refractivity contribution in [2.24, 2.45) is 0 Å². The lowest BCUT2D eigenvalue weighted by Gasteiger charge is -2.06. The van der Waals surface area contributed by atoms with E-state index in [2.05, 4.69) is 10.3 Å². The van der Waals surface area contributed by atoms with Crippen LogP contribution in [0.5, 0.6) is 0 Å². The number of halogens is 2. The van der Waals surface area contributed by atoms with E-state index in [0.717, 1.165) is 0 Å². The van der Waals surface area contributed by atoms with E-state index in [4.69, 9.17) is 11.6 Å². The van der Waals surface area contributed by atoms with Gasteiger partial charge in [-0.05, 0) is 12.1 Å². The lowest BCUT2D eigenvalue weighted by Crippen LogP contribution is -2.21. The van der Waals surface area contributed by atoms with Crippen LogP contribution in [0.2, 0.25) is 5.02 Å². The number of carbonyl (C=O) groups is 1. The second-order valence-corrected chi connectivity index (χ2v) is 4.23. The molecule has 0 saturated heterocycles. The Balaban J connectivity index is 2.41. The Bertz CT molecular complexity index is 596. The Kier molecular flexibility index (Phi) is 3.29. The Morgan fingerprint density at radius 1 is 1.44 bits per heavy atom. The fourth-order valence-corrected chi connectivity index (χ4v) is 1.55. The number of rotatable bonds is 2. The van der Waals surface area contributed by atoms with Crippen molar-refractivity contribution >= 4 is 17.5 Å². The fraction of sp³-hybridized carbons (Fsp3) is 0.182. The number of nitrogens with zero attached hydrogens (tertiary/aromatic N) is 4. The zero-order valence-corrected chi connectivity index (χ0v) is 10.5. The predicted octanol–water partition coefficient (Wildman–Crippen LogP) is 1.76. The normalized spacial score (nSPS) is 10.4. The van der Waals surface area contributed by atoms with Crippen LogP contribution in [0.1, 0.15) is 10.5 Å². The van der Waals surface area contributed by atoms with Crippen LogP contribution < -0.4 is 0 Å². The smallest absolute Gasteiger partial charge is 0.275 e. The number of amides is 1. The van der Waals surface area contributed by atoms with E-state index in [0.29, 0.717) is 0 Å². The van der Waals surface area contributed by atoms with E-state index in [1.165, 1.54) is 27.9 Å². The topological polar surface area (TPSA) is 51.0 Å². The minimum atomic E-state index is -0.604. The molecule has 0 unspecified atom stereocenters. The molecule has 0 N–H and O–H groups in total. The maximum absolute atomic E-state index is 13.7. The minimum absolute atomic E-state index is 0.0107. The molecule has 0 radical (unpaired) electrons. The summed E-state index contributed by atoms with van der Waals surface area (Å²) in [5.41, 5.74) is 0.284. The van der Waals surface area contributed by atoms with E-state index in [9.17, 15) is 9.18 Å². The van der Waals surface area contributed by atoms with Gasteiger partial charge in [0.1, 0.15) is 5.69 Å². The van der Waals surface area contributed by atoms with Gasteiger partial charge in [-0.25, -0.2) is 9.07 Å². The molecule has 7 heteroatoms. The predicted molar refractivity (Wildman–Crippen MR) is 64.3 cm³/mol. The molecule has 0 fully saturated rings. The second kappa shape index (κ2) is 4.73. The molecule has 0 aliphatic carbocycles. The molecule has 1 heterocycles. The Morgan fingerprint density at radius 3 is 2.83 bits per heavy atom. The van der Waals surface area contributed by atoms with Gasteiger partial charge in [0.15, 0.2) is 11.5 Å². The number of benzene rings is 1. The van der Waals surface area contributed by atoms with Gasteiger partial charge in [-0.2, -0.15) is 0 Å². The monoisotopic (exact) mass is 268 g/mol. The first-order valence-electron chi connectivity index (χ1n) is 5.09. The standard InChI is InChI=1S/C11H10ClFN4O/c1-16(2)11(18)8-6-17(15-14-8)9-5-3-4-7(12)10(9)13/h3-6H,1-2H3. The molecule has 5 nitrogen and oxygen atoms in total. The molecule has 0 aliphatic heterocycles. The van der Waals surface area contributed by atoms with Crippen LogP contribution in [-0.2, 0) is 0 Å². The summed E-state index contributed by atoms with van der Waals surface area (Å²) in [5, 5.41) is 7.40. The summed E-state index contributed by atoms with van der Waals surface area (Å²) < 4.78 is 14.9. The first kappa shape index (κ1) is 12.5. The molecule has 18 heavy (non-hydrogen) atoms. The average Bonchev–Trinajstić information content (AvgIpc) is 2.80. The second-order valence-electron chi connectivity index (χ2n) is 3.82. The maximum atomic E-state index is 13.7. The summed E-state index contributed by atoms with van der Waals surface area (Å²) in [6.45, 7) is 0. The van der Waals surface area contributed by atoms with Gasteiger partial charge in [-0.3, -0.25) is 4.79 Å². The summed E-state index contributed by atoms with van der Waals surface area (Å²) in [7, 11) is 3.20. The van der Waals surface area contributed by atoms with Gasteiger partial charge in [0, 0.05) is 14.1 Å². The first-order valence-corrected chi connectivity index (χ1v) is 5.47. The lowest BCUT2D eigenvalue weighted by atomic mass is 10.3. The van der Waals surface area contributed by atoms with Crippen molar-refractivity contribution in [1.82, 2.24) is 19.9 Å². The largest absolute Gasteiger partial charge is 0.343 e. The van der Waals surface area contributed by atoms with Crippen LogP contribution in [0.25, 0.3) is 5.69 Å². The molecule has 2 rings (SSSR count). The third-order valence-electron chi connectivity index (χ3n) is 2.30. The number of carbonyl (C=O) groups excluding carboxylic acids is 1. The Hall–Kier alpha value is -1.95. The highest BCUT2D eigenvalue weighted by Crippen LogP contribution is 2.20. The minimum Gasteiger partial charge on any atom is -0.343 e. The number of hydrogen-bond acceptors (Lipinski definition) is 3. The summed E-state index contributed by atoms with van der Waals surface area (Å²) in [6, 6.07) is 4.53. The number of aromatic nitrogens is 3. The lowest BCUT2D eigenvalue weighted by molar-refractivity contribution is 0.0822. The zero-order valence-electron chi connectivity index (χ0n) is 9.76. The number of hydrogen-bond donors (Lipinski definition) is 0. The van der Waals surface area contributed by atoms with Gasteiger partial charge < -0.3 is 4.90 Å². The van der Waals surface area contributed by atoms with Gasteiger partial charge >= 0.3 is 0 Å². The van der Waals surface area contributed by atoms with Gasteiger partial charge in [-0.15, -0.1) is 5.10 Å². The summed E-state index contributed by atoms with van der Waals surface area (Å²) in [6.07, 6.45) is 1.36. The molecule has 1 aromatic heterocycles. The highest BCUT2D eigenvalue weighted by molar-refractivity contribution is 6.30. The van der Waals surface area contributed by atoms with E-state index < -0.39 is 5.82 Å². The van der Waals surface area contributed by atoms with Gasteiger partial charge in [0.25, 0.3) is 5.91 Å². The molecular weight excluding hydrogens is 259 g/mol. The highest BCUT2D eigenvalue weighted by Gasteiger charge is 2.15. The molecule has 0 aliphatic rings. The van der Waals surface area contributed by atoms with Crippen molar-refractivity contribution in [3.05, 3.63) is 40.9 Å². The highest BCUT2D eigenvalue weighted by atomic mass is 35.5. The molecular formula is C11H10ClFN4O. The maximum Gasteiger partial charge on any atom is 0.275 e. The SMILES string of the molecule is CN(C)C(=O)c1cn(-c2cccc(Cl)c2F)nn1. The van der Waals surface area contributed by atoms with Crippen LogP contribution in [0.4, 0.5) is 4.39 Å². The molecule has 1 aromatic carbocycles. The third kappa shape index (κ3) is 2.19. The summed E-state index contributed by atoms with van der Waals surface area (Å²) in [5.74, 6) is -0.906. The quantitative estimate of drug-likeness (QED) is 0.834. The van der Waals surface area contributed by atoms with Crippen molar-refractivity contribution < 1.29 is 9.18 Å². The van der Waals surface area contributed by atoms with Crippen molar-refractivity contribution in [3.63, 3.8) is 0 Å². The fourth-order valence-electron chi connectivity index (χ4n) is 1.38. The van der Waals surface area contributed by atoms with Gasteiger partial charge in [-0.1, -0.05) is 22.9 Å².